The lowest BCUT2D eigenvalue weighted by Gasteiger charge is -2.36. The van der Waals surface area contributed by atoms with Crippen molar-refractivity contribution in [1.29, 1.82) is 0 Å². The van der Waals surface area contributed by atoms with Crippen molar-refractivity contribution in [3.63, 3.8) is 0 Å². The Morgan fingerprint density at radius 2 is 1.60 bits per heavy atom. The van der Waals surface area contributed by atoms with E-state index in [1.807, 2.05) is 0 Å². The molecule has 20 heavy (non-hydrogen) atoms. The van der Waals surface area contributed by atoms with Gasteiger partial charge in [0.25, 0.3) is 0 Å². The van der Waals surface area contributed by atoms with Gasteiger partial charge in [0.05, 0.1) is 11.4 Å². The Kier molecular flexibility index (Phi) is 5.97. The number of carbonyl (C=O) groups excluding carboxylic acids is 1. The Balaban J connectivity index is 2.59. The molecule has 2 atom stereocenters. The van der Waals surface area contributed by atoms with Gasteiger partial charge in [-0.25, -0.2) is 8.42 Å². The fourth-order valence-corrected chi connectivity index (χ4v) is 3.58. The molecule has 0 spiro atoms. The summed E-state index contributed by atoms with van der Waals surface area (Å²) in [5, 5.41) is 7.81. The summed E-state index contributed by atoms with van der Waals surface area (Å²) in [6, 6.07) is 0. The van der Waals surface area contributed by atoms with Crippen LogP contribution in [0, 0.1) is 0 Å². The van der Waals surface area contributed by atoms with Crippen molar-refractivity contribution >= 4 is 15.7 Å². The number of β-amino-alcohol motifs (C(OH)–C–C–N with tert-alkyl or cyclic N) is 1. The van der Waals surface area contributed by atoms with E-state index in [2.05, 4.69) is 4.90 Å². The van der Waals surface area contributed by atoms with Gasteiger partial charge in [0, 0.05) is 32.7 Å². The zero-order valence-electron chi connectivity index (χ0n) is 12.7. The minimum Gasteiger partial charge on any atom is -0.392 e. The van der Waals surface area contributed by atoms with E-state index >= 15 is 0 Å². The third-order valence-corrected chi connectivity index (χ3v) is 6.21. The van der Waals surface area contributed by atoms with Crippen molar-refractivity contribution in [3.8, 4) is 0 Å². The molecule has 1 aliphatic heterocycles. The molecule has 1 rings (SSSR count). The number of rotatable bonds is 5. The molecule has 0 unspecified atom stereocenters. The average Bonchev–Trinajstić information content (AvgIpc) is 2.37. The van der Waals surface area contributed by atoms with Crippen molar-refractivity contribution in [2.24, 2.45) is 0 Å². The molecule has 0 aromatic heterocycles. The molecular formula is C13H26N2O4S. The number of hydrogen-bond donors (Lipinski definition) is 1. The van der Waals surface area contributed by atoms with E-state index in [1.165, 1.54) is 6.92 Å². The van der Waals surface area contributed by atoms with Crippen LogP contribution in [0.25, 0.3) is 0 Å². The van der Waals surface area contributed by atoms with E-state index in [1.54, 1.807) is 25.7 Å². The zero-order valence-corrected chi connectivity index (χ0v) is 13.6. The maximum absolute atomic E-state index is 12.3. The number of aliphatic hydroxyl groups is 1. The highest BCUT2D eigenvalue weighted by molar-refractivity contribution is 7.93. The fraction of sp³-hybridized carbons (Fsp3) is 0.923. The second kappa shape index (κ2) is 6.87. The minimum atomic E-state index is -3.40. The van der Waals surface area contributed by atoms with Crippen LogP contribution in [0.4, 0.5) is 0 Å². The molecule has 0 aromatic rings. The first-order valence-electron chi connectivity index (χ1n) is 7.08. The van der Waals surface area contributed by atoms with Gasteiger partial charge in [-0.2, -0.15) is 0 Å². The van der Waals surface area contributed by atoms with Crippen LogP contribution < -0.4 is 0 Å². The molecule has 6 nitrogen and oxygen atoms in total. The zero-order chi connectivity index (χ0) is 15.5. The molecular weight excluding hydrogens is 280 g/mol. The summed E-state index contributed by atoms with van der Waals surface area (Å²) in [5.74, 6) is -0.310. The van der Waals surface area contributed by atoms with E-state index in [0.717, 1.165) is 0 Å². The fourth-order valence-electron chi connectivity index (χ4n) is 2.33. The average molecular weight is 306 g/mol. The maximum atomic E-state index is 12.3. The monoisotopic (exact) mass is 306 g/mol. The van der Waals surface area contributed by atoms with Crippen molar-refractivity contribution in [2.75, 3.05) is 32.7 Å². The SMILES string of the molecule is CC(C)S(=O)(=O)[C@@H](C)C(=O)N1CCN(C[C@H](C)O)CC1. The molecule has 7 heteroatoms. The summed E-state index contributed by atoms with van der Waals surface area (Å²) < 4.78 is 24.1. The van der Waals surface area contributed by atoms with Gasteiger partial charge in [0.2, 0.25) is 5.91 Å². The topological polar surface area (TPSA) is 77.9 Å². The molecule has 0 aliphatic carbocycles. The Morgan fingerprint density at radius 3 is 2.00 bits per heavy atom. The number of piperazine rings is 1. The summed E-state index contributed by atoms with van der Waals surface area (Å²) in [6.45, 7) is 9.36. The summed E-state index contributed by atoms with van der Waals surface area (Å²) in [4.78, 5) is 16.0. The summed E-state index contributed by atoms with van der Waals surface area (Å²) in [5.41, 5.74) is 0. The number of nitrogens with zero attached hydrogens (tertiary/aromatic N) is 2. The summed E-state index contributed by atoms with van der Waals surface area (Å²) in [6.07, 6.45) is -0.391. The molecule has 0 saturated carbocycles. The van der Waals surface area contributed by atoms with Crippen molar-refractivity contribution in [2.45, 2.75) is 44.3 Å². The molecule has 118 valence electrons. The van der Waals surface area contributed by atoms with E-state index < -0.39 is 26.4 Å². The van der Waals surface area contributed by atoms with E-state index in [0.29, 0.717) is 32.7 Å². The molecule has 1 N–H and O–H groups in total. The highest BCUT2D eigenvalue weighted by Gasteiger charge is 2.34. The second-order valence-corrected chi connectivity index (χ2v) is 8.58. The lowest BCUT2D eigenvalue weighted by atomic mass is 10.2. The number of carbonyl (C=O) groups is 1. The minimum absolute atomic E-state index is 0.310. The Hall–Kier alpha value is -0.660. The van der Waals surface area contributed by atoms with Gasteiger partial charge in [-0.15, -0.1) is 0 Å². The van der Waals surface area contributed by atoms with Crippen LogP contribution in [-0.2, 0) is 14.6 Å². The van der Waals surface area contributed by atoms with Crippen LogP contribution >= 0.6 is 0 Å². The lowest BCUT2D eigenvalue weighted by Crippen LogP contribution is -2.53. The van der Waals surface area contributed by atoms with Gasteiger partial charge in [-0.05, 0) is 27.7 Å². The van der Waals surface area contributed by atoms with Gasteiger partial charge < -0.3 is 10.0 Å². The van der Waals surface area contributed by atoms with Crippen LogP contribution in [0.15, 0.2) is 0 Å². The third kappa shape index (κ3) is 4.17. The molecule has 1 fully saturated rings. The number of sulfone groups is 1. The smallest absolute Gasteiger partial charge is 0.240 e. The van der Waals surface area contributed by atoms with E-state index in [9.17, 15) is 18.3 Å². The van der Waals surface area contributed by atoms with Crippen molar-refractivity contribution in [1.82, 2.24) is 9.80 Å². The highest BCUT2D eigenvalue weighted by Crippen LogP contribution is 2.13. The highest BCUT2D eigenvalue weighted by atomic mass is 32.2. The standard InChI is InChI=1S/C13H26N2O4S/c1-10(2)20(18,19)12(4)13(17)15-7-5-14(6-8-15)9-11(3)16/h10-12,16H,5-9H2,1-4H3/t11-,12-/m0/s1. The van der Waals surface area contributed by atoms with E-state index in [-0.39, 0.29) is 5.91 Å². The van der Waals surface area contributed by atoms with Gasteiger partial charge in [0.1, 0.15) is 5.25 Å². The second-order valence-electron chi connectivity index (χ2n) is 5.75. The quantitative estimate of drug-likeness (QED) is 0.756. The third-order valence-electron chi connectivity index (χ3n) is 3.70. The number of amides is 1. The van der Waals surface area contributed by atoms with Crippen LogP contribution in [0.5, 0.6) is 0 Å². The van der Waals surface area contributed by atoms with Crippen LogP contribution in [0.1, 0.15) is 27.7 Å². The van der Waals surface area contributed by atoms with Crippen LogP contribution in [-0.4, -0.2) is 78.6 Å². The van der Waals surface area contributed by atoms with Crippen LogP contribution in [0.2, 0.25) is 0 Å². The van der Waals surface area contributed by atoms with Gasteiger partial charge in [-0.3, -0.25) is 9.69 Å². The van der Waals surface area contributed by atoms with Crippen molar-refractivity contribution in [3.05, 3.63) is 0 Å². The Labute approximate surface area is 121 Å². The Morgan fingerprint density at radius 1 is 1.10 bits per heavy atom. The molecule has 1 aliphatic rings. The molecule has 0 bridgehead atoms. The normalized spacial score (nSPS) is 21.0. The van der Waals surface area contributed by atoms with Crippen LogP contribution in [0.3, 0.4) is 0 Å². The largest absolute Gasteiger partial charge is 0.392 e. The Bertz CT molecular complexity index is 426. The van der Waals surface area contributed by atoms with Gasteiger partial charge >= 0.3 is 0 Å². The maximum Gasteiger partial charge on any atom is 0.240 e. The van der Waals surface area contributed by atoms with E-state index in [4.69, 9.17) is 0 Å². The molecule has 1 heterocycles. The van der Waals surface area contributed by atoms with Gasteiger partial charge in [0.15, 0.2) is 9.84 Å². The lowest BCUT2D eigenvalue weighted by molar-refractivity contribution is -0.132. The van der Waals surface area contributed by atoms with Gasteiger partial charge in [-0.1, -0.05) is 0 Å². The summed E-state index contributed by atoms with van der Waals surface area (Å²) in [7, 11) is -3.40. The first-order valence-corrected chi connectivity index (χ1v) is 8.69. The number of aliphatic hydroxyl groups excluding tert-OH is 1. The molecule has 1 saturated heterocycles. The predicted molar refractivity (Wildman–Crippen MR) is 78.2 cm³/mol. The first kappa shape index (κ1) is 17.4. The number of hydrogen-bond acceptors (Lipinski definition) is 5. The van der Waals surface area contributed by atoms with Crippen molar-refractivity contribution < 1.29 is 18.3 Å². The summed E-state index contributed by atoms with van der Waals surface area (Å²) >= 11 is 0. The molecule has 1 amide bonds. The predicted octanol–water partition coefficient (Wildman–Crippen LogP) is -0.277. The first-order chi connectivity index (χ1) is 9.16. The molecule has 0 radical (unpaired) electrons. The molecule has 0 aromatic carbocycles.